The molecule has 4 nitrogen and oxygen atoms in total. The molecule has 114 valence electrons. The van der Waals surface area contributed by atoms with Crippen LogP contribution < -0.4 is 9.47 Å². The summed E-state index contributed by atoms with van der Waals surface area (Å²) in [6, 6.07) is 5.71. The van der Waals surface area contributed by atoms with Crippen LogP contribution >= 0.6 is 23.2 Å². The van der Waals surface area contributed by atoms with Crippen molar-refractivity contribution in [1.82, 2.24) is 4.90 Å². The van der Waals surface area contributed by atoms with Crippen molar-refractivity contribution in [3.05, 3.63) is 23.8 Å². The molecule has 0 N–H and O–H groups in total. The van der Waals surface area contributed by atoms with Crippen molar-refractivity contribution >= 4 is 29.1 Å². The lowest BCUT2D eigenvalue weighted by atomic mass is 10.1. The summed E-state index contributed by atoms with van der Waals surface area (Å²) in [5.74, 6) is 1.43. The van der Waals surface area contributed by atoms with Gasteiger partial charge in [0.15, 0.2) is 11.5 Å². The number of amides is 1. The standard InChI is InChI=1S/C15H17Cl2NO3/c1-14(9-15(14,16)17)13(19)18(2)8-10-3-4-11-12(7-10)21-6-5-20-11/h3-4,7H,5-6,8-9H2,1-2H3. The van der Waals surface area contributed by atoms with Crippen LogP contribution in [0.2, 0.25) is 0 Å². The van der Waals surface area contributed by atoms with Gasteiger partial charge in [0.05, 0.1) is 5.41 Å². The third-order valence-electron chi connectivity index (χ3n) is 4.10. The molecule has 1 saturated carbocycles. The fourth-order valence-electron chi connectivity index (χ4n) is 2.58. The molecule has 1 heterocycles. The maximum atomic E-state index is 12.4. The number of halogens is 2. The highest BCUT2D eigenvalue weighted by atomic mass is 35.5. The maximum Gasteiger partial charge on any atom is 0.231 e. The maximum absolute atomic E-state index is 12.4. The Hall–Kier alpha value is -1.13. The number of ether oxygens (including phenoxy) is 2. The molecule has 0 spiro atoms. The molecular formula is C15H17Cl2NO3. The smallest absolute Gasteiger partial charge is 0.231 e. The number of hydrogen-bond donors (Lipinski definition) is 0. The second kappa shape index (κ2) is 4.96. The van der Waals surface area contributed by atoms with Gasteiger partial charge >= 0.3 is 0 Å². The van der Waals surface area contributed by atoms with Gasteiger partial charge in [0.2, 0.25) is 5.91 Å². The molecule has 3 rings (SSSR count). The van der Waals surface area contributed by atoms with E-state index in [1.165, 1.54) is 0 Å². The molecular weight excluding hydrogens is 313 g/mol. The van der Waals surface area contributed by atoms with Gasteiger partial charge in [-0.1, -0.05) is 6.07 Å². The van der Waals surface area contributed by atoms with Gasteiger partial charge in [-0.05, 0) is 31.0 Å². The monoisotopic (exact) mass is 329 g/mol. The molecule has 1 aliphatic heterocycles. The van der Waals surface area contributed by atoms with Crippen LogP contribution in [0.5, 0.6) is 11.5 Å². The number of rotatable bonds is 3. The van der Waals surface area contributed by atoms with Gasteiger partial charge in [-0.3, -0.25) is 4.79 Å². The Labute approximate surface area is 133 Å². The molecule has 21 heavy (non-hydrogen) atoms. The Morgan fingerprint density at radius 1 is 1.29 bits per heavy atom. The molecule has 1 fully saturated rings. The molecule has 1 atom stereocenters. The zero-order valence-electron chi connectivity index (χ0n) is 12.0. The number of carbonyl (C=O) groups is 1. The first-order valence-electron chi connectivity index (χ1n) is 6.85. The zero-order valence-corrected chi connectivity index (χ0v) is 13.5. The number of carbonyl (C=O) groups excluding carboxylic acids is 1. The first kappa shape index (κ1) is 14.8. The fraction of sp³-hybridized carbons (Fsp3) is 0.533. The van der Waals surface area contributed by atoms with Crippen molar-refractivity contribution in [1.29, 1.82) is 0 Å². The molecule has 1 aliphatic carbocycles. The highest BCUT2D eigenvalue weighted by Gasteiger charge is 2.68. The van der Waals surface area contributed by atoms with Gasteiger partial charge in [-0.2, -0.15) is 0 Å². The van der Waals surface area contributed by atoms with E-state index in [9.17, 15) is 4.79 Å². The predicted octanol–water partition coefficient (Wildman–Crippen LogP) is 3.00. The van der Waals surface area contributed by atoms with Crippen molar-refractivity contribution in [3.63, 3.8) is 0 Å². The highest BCUT2D eigenvalue weighted by molar-refractivity contribution is 6.53. The molecule has 0 aromatic heterocycles. The summed E-state index contributed by atoms with van der Waals surface area (Å²) in [5, 5.41) is 0. The summed E-state index contributed by atoms with van der Waals surface area (Å²) >= 11 is 12.1. The fourth-order valence-corrected chi connectivity index (χ4v) is 3.28. The molecule has 2 aliphatic rings. The minimum atomic E-state index is -0.939. The van der Waals surface area contributed by atoms with Crippen LogP contribution in [0.3, 0.4) is 0 Å². The lowest BCUT2D eigenvalue weighted by Gasteiger charge is -2.24. The molecule has 1 aromatic rings. The first-order valence-corrected chi connectivity index (χ1v) is 7.61. The first-order chi connectivity index (χ1) is 9.83. The molecule has 0 saturated heterocycles. The minimum Gasteiger partial charge on any atom is -0.486 e. The summed E-state index contributed by atoms with van der Waals surface area (Å²) in [7, 11) is 1.76. The Kier molecular flexibility index (Phi) is 3.49. The molecule has 0 bridgehead atoms. The quantitative estimate of drug-likeness (QED) is 0.800. The van der Waals surface area contributed by atoms with E-state index in [4.69, 9.17) is 32.7 Å². The Bertz CT molecular complexity index is 590. The van der Waals surface area contributed by atoms with Crippen LogP contribution in [0.4, 0.5) is 0 Å². The lowest BCUT2D eigenvalue weighted by Crippen LogP contribution is -2.34. The van der Waals surface area contributed by atoms with Crippen LogP contribution in [0, 0.1) is 5.41 Å². The summed E-state index contributed by atoms with van der Waals surface area (Å²) in [6.07, 6.45) is 0.493. The van der Waals surface area contributed by atoms with Gasteiger partial charge in [-0.25, -0.2) is 0 Å². The van der Waals surface area contributed by atoms with Gasteiger partial charge in [-0.15, -0.1) is 23.2 Å². The SMILES string of the molecule is CN(Cc1ccc2c(c1)OCCO2)C(=O)C1(C)CC1(Cl)Cl. The predicted molar refractivity (Wildman–Crippen MR) is 81.1 cm³/mol. The average Bonchev–Trinajstić information content (AvgIpc) is 2.97. The van der Waals surface area contributed by atoms with Crippen LogP contribution in [0.15, 0.2) is 18.2 Å². The van der Waals surface area contributed by atoms with Crippen molar-refractivity contribution in [2.75, 3.05) is 20.3 Å². The van der Waals surface area contributed by atoms with Gasteiger partial charge in [0.1, 0.15) is 17.5 Å². The molecule has 1 aromatic carbocycles. The summed E-state index contributed by atoms with van der Waals surface area (Å²) in [6.45, 7) is 3.39. The summed E-state index contributed by atoms with van der Waals surface area (Å²) in [5.41, 5.74) is 0.299. The van der Waals surface area contributed by atoms with Gasteiger partial charge in [0, 0.05) is 13.6 Å². The van der Waals surface area contributed by atoms with Crippen LogP contribution in [0.1, 0.15) is 18.9 Å². The van der Waals surface area contributed by atoms with E-state index in [-0.39, 0.29) is 5.91 Å². The van der Waals surface area contributed by atoms with E-state index in [0.29, 0.717) is 26.2 Å². The highest BCUT2D eigenvalue weighted by Crippen LogP contribution is 2.64. The lowest BCUT2D eigenvalue weighted by molar-refractivity contribution is -0.135. The van der Waals surface area contributed by atoms with Crippen LogP contribution in [-0.4, -0.2) is 35.4 Å². The number of benzene rings is 1. The van der Waals surface area contributed by atoms with E-state index in [1.807, 2.05) is 18.2 Å². The van der Waals surface area contributed by atoms with Crippen LogP contribution in [-0.2, 0) is 11.3 Å². The zero-order chi connectivity index (χ0) is 15.3. The molecule has 6 heteroatoms. The van der Waals surface area contributed by atoms with E-state index in [2.05, 4.69) is 0 Å². The van der Waals surface area contributed by atoms with E-state index in [0.717, 1.165) is 17.1 Å². The largest absolute Gasteiger partial charge is 0.486 e. The number of nitrogens with zero attached hydrogens (tertiary/aromatic N) is 1. The Balaban J connectivity index is 1.70. The van der Waals surface area contributed by atoms with E-state index in [1.54, 1.807) is 18.9 Å². The van der Waals surface area contributed by atoms with Crippen molar-refractivity contribution in [2.45, 2.75) is 24.2 Å². The Morgan fingerprint density at radius 2 is 1.90 bits per heavy atom. The minimum absolute atomic E-state index is 0.0395. The third kappa shape index (κ3) is 2.55. The van der Waals surface area contributed by atoms with Gasteiger partial charge in [0.25, 0.3) is 0 Å². The summed E-state index contributed by atoms with van der Waals surface area (Å²) in [4.78, 5) is 14.1. The second-order valence-electron chi connectivity index (χ2n) is 5.85. The van der Waals surface area contributed by atoms with E-state index < -0.39 is 9.75 Å². The molecule has 1 unspecified atom stereocenters. The number of fused-ring (bicyclic) bond motifs is 1. The number of hydrogen-bond acceptors (Lipinski definition) is 3. The summed E-state index contributed by atoms with van der Waals surface area (Å²) < 4.78 is 10.1. The topological polar surface area (TPSA) is 38.8 Å². The number of alkyl halides is 2. The van der Waals surface area contributed by atoms with Crippen molar-refractivity contribution in [2.24, 2.45) is 5.41 Å². The molecule has 1 amide bonds. The third-order valence-corrected chi connectivity index (χ3v) is 5.20. The van der Waals surface area contributed by atoms with E-state index >= 15 is 0 Å². The van der Waals surface area contributed by atoms with Gasteiger partial charge < -0.3 is 14.4 Å². The Morgan fingerprint density at radius 3 is 2.52 bits per heavy atom. The normalized spacial score (nSPS) is 25.3. The van der Waals surface area contributed by atoms with Crippen molar-refractivity contribution in [3.8, 4) is 11.5 Å². The van der Waals surface area contributed by atoms with Crippen molar-refractivity contribution < 1.29 is 14.3 Å². The van der Waals surface area contributed by atoms with Crippen LogP contribution in [0.25, 0.3) is 0 Å². The average molecular weight is 330 g/mol. The second-order valence-corrected chi connectivity index (χ2v) is 7.34. The molecule has 0 radical (unpaired) electrons.